The molecule has 1 aromatic heterocycles. The topological polar surface area (TPSA) is 94.6 Å². The maximum absolute atomic E-state index is 12.2. The van der Waals surface area contributed by atoms with Gasteiger partial charge in [-0.25, -0.2) is 9.78 Å². The molecule has 51 heavy (non-hydrogen) atoms. The summed E-state index contributed by atoms with van der Waals surface area (Å²) >= 11 is 0. The second kappa shape index (κ2) is 19.0. The number of esters is 1. The van der Waals surface area contributed by atoms with Gasteiger partial charge in [0.05, 0.1) is 52.4 Å². The maximum atomic E-state index is 12.2. The third-order valence-corrected chi connectivity index (χ3v) is 8.44. The molecule has 6 rings (SSSR count). The molecule has 5 aromatic rings. The Hall–Kier alpha value is -4.74. The van der Waals surface area contributed by atoms with Gasteiger partial charge in [0.15, 0.2) is 6.29 Å². The predicted molar refractivity (Wildman–Crippen MR) is 190 cm³/mol. The van der Waals surface area contributed by atoms with Crippen molar-refractivity contribution in [2.75, 3.05) is 13.7 Å². The van der Waals surface area contributed by atoms with E-state index in [1.54, 1.807) is 18.2 Å². The summed E-state index contributed by atoms with van der Waals surface area (Å²) in [6.07, 6.45) is -3.43. The highest BCUT2D eigenvalue weighted by Gasteiger charge is 2.49. The molecular weight excluding hydrogens is 646 g/mol. The molecule has 0 amide bonds. The number of carbonyl (C=O) groups excluding carboxylic acids is 1. The molecule has 0 N–H and O–H groups in total. The number of carbonyl (C=O) groups is 1. The first-order chi connectivity index (χ1) is 25.2. The van der Waals surface area contributed by atoms with Gasteiger partial charge in [-0.15, -0.1) is 0 Å². The van der Waals surface area contributed by atoms with E-state index in [2.05, 4.69) is 4.98 Å². The standard InChI is InChI=1S/C42H43NO8/c1-45-41(44)36-24-14-23-35(43-36)29-50-42-40(49-28-34-21-12-5-13-22-34)39(48-27-33-19-10-4-11-20-33)38(47-26-32-17-8-3-9-18-32)37(51-42)30-46-25-31-15-6-2-7-16-31/h2-24,37-40,42H,25-30H2,1H3/t37-,38-,39+,40-,42-/m1/s1. The molecule has 1 fully saturated rings. The number of pyridine rings is 1. The Morgan fingerprint density at radius 2 is 1.04 bits per heavy atom. The summed E-state index contributed by atoms with van der Waals surface area (Å²) in [4.78, 5) is 16.7. The van der Waals surface area contributed by atoms with E-state index in [0.29, 0.717) is 25.5 Å². The van der Waals surface area contributed by atoms with Crippen LogP contribution < -0.4 is 0 Å². The van der Waals surface area contributed by atoms with Crippen molar-refractivity contribution in [3.05, 3.63) is 173 Å². The molecule has 0 bridgehead atoms. The van der Waals surface area contributed by atoms with Crippen LogP contribution in [0.4, 0.5) is 0 Å². The highest BCUT2D eigenvalue weighted by Crippen LogP contribution is 2.32. The van der Waals surface area contributed by atoms with Crippen LogP contribution in [0.15, 0.2) is 140 Å². The Labute approximate surface area is 299 Å². The molecule has 5 atom stereocenters. The normalized spacial score (nSPS) is 20.1. The summed E-state index contributed by atoms with van der Waals surface area (Å²) in [5, 5.41) is 0. The number of hydrogen-bond donors (Lipinski definition) is 0. The lowest BCUT2D eigenvalue weighted by Crippen LogP contribution is -2.61. The molecule has 0 aliphatic carbocycles. The average Bonchev–Trinajstić information content (AvgIpc) is 3.19. The van der Waals surface area contributed by atoms with E-state index in [-0.39, 0.29) is 25.5 Å². The van der Waals surface area contributed by atoms with E-state index >= 15 is 0 Å². The SMILES string of the molecule is COC(=O)c1cccc(CO[C@@H]2O[C@H](COCc3ccccc3)[C@@H](OCc3ccccc3)[C@H](OCc3ccccc3)[C@H]2OCc2ccccc2)n1. The van der Waals surface area contributed by atoms with Gasteiger partial charge in [0.2, 0.25) is 0 Å². The van der Waals surface area contributed by atoms with Gasteiger partial charge in [0.25, 0.3) is 0 Å². The van der Waals surface area contributed by atoms with Crippen LogP contribution in [0.25, 0.3) is 0 Å². The summed E-state index contributed by atoms with van der Waals surface area (Å²) in [5.74, 6) is -0.529. The molecule has 0 saturated carbocycles. The number of benzene rings is 4. The van der Waals surface area contributed by atoms with E-state index in [1.165, 1.54) is 7.11 Å². The summed E-state index contributed by atoms with van der Waals surface area (Å²) in [7, 11) is 1.32. The third kappa shape index (κ3) is 10.6. The van der Waals surface area contributed by atoms with Gasteiger partial charge >= 0.3 is 5.97 Å². The Balaban J connectivity index is 1.31. The van der Waals surface area contributed by atoms with E-state index in [9.17, 15) is 4.79 Å². The fraction of sp³-hybridized carbons (Fsp3) is 0.286. The van der Waals surface area contributed by atoms with Gasteiger partial charge in [0.1, 0.15) is 30.1 Å². The zero-order chi connectivity index (χ0) is 35.1. The van der Waals surface area contributed by atoms with E-state index in [4.69, 9.17) is 33.2 Å². The number of nitrogens with zero attached hydrogens (tertiary/aromatic N) is 1. The number of methoxy groups -OCH3 is 1. The van der Waals surface area contributed by atoms with Crippen molar-refractivity contribution in [2.45, 2.75) is 63.7 Å². The first kappa shape index (κ1) is 36.1. The molecule has 1 aliphatic rings. The van der Waals surface area contributed by atoms with Crippen molar-refractivity contribution in [2.24, 2.45) is 0 Å². The molecule has 0 spiro atoms. The van der Waals surface area contributed by atoms with E-state index < -0.39 is 36.7 Å². The first-order valence-corrected chi connectivity index (χ1v) is 17.1. The number of ether oxygens (including phenoxy) is 7. The second-order valence-electron chi connectivity index (χ2n) is 12.1. The zero-order valence-corrected chi connectivity index (χ0v) is 28.6. The summed E-state index contributed by atoms with van der Waals surface area (Å²) in [6.45, 7) is 1.58. The van der Waals surface area contributed by atoms with Crippen molar-refractivity contribution >= 4 is 5.97 Å². The van der Waals surface area contributed by atoms with Gasteiger partial charge in [-0.05, 0) is 34.4 Å². The molecule has 2 heterocycles. The van der Waals surface area contributed by atoms with Crippen LogP contribution in [0.1, 0.15) is 38.4 Å². The molecule has 264 valence electrons. The van der Waals surface area contributed by atoms with Crippen molar-refractivity contribution in [3.8, 4) is 0 Å². The van der Waals surface area contributed by atoms with Crippen molar-refractivity contribution in [1.82, 2.24) is 4.98 Å². The molecule has 1 aliphatic heterocycles. The number of hydrogen-bond acceptors (Lipinski definition) is 9. The quantitative estimate of drug-likeness (QED) is 0.0950. The summed E-state index contributed by atoms with van der Waals surface area (Å²) < 4.78 is 44.5. The molecule has 0 radical (unpaired) electrons. The minimum absolute atomic E-state index is 0.0409. The van der Waals surface area contributed by atoms with Gasteiger partial charge in [-0.1, -0.05) is 127 Å². The number of aromatic nitrogens is 1. The van der Waals surface area contributed by atoms with Crippen LogP contribution in [-0.4, -0.2) is 55.4 Å². The Kier molecular flexibility index (Phi) is 13.5. The Bertz CT molecular complexity index is 1740. The zero-order valence-electron chi connectivity index (χ0n) is 28.6. The van der Waals surface area contributed by atoms with Crippen molar-refractivity contribution in [1.29, 1.82) is 0 Å². The van der Waals surface area contributed by atoms with Crippen LogP contribution in [0.5, 0.6) is 0 Å². The third-order valence-electron chi connectivity index (χ3n) is 8.44. The maximum Gasteiger partial charge on any atom is 0.356 e. The second-order valence-corrected chi connectivity index (χ2v) is 12.1. The van der Waals surface area contributed by atoms with Crippen LogP contribution >= 0.6 is 0 Å². The molecule has 9 heteroatoms. The van der Waals surface area contributed by atoms with Gasteiger partial charge < -0.3 is 33.2 Å². The van der Waals surface area contributed by atoms with Crippen LogP contribution in [0.2, 0.25) is 0 Å². The van der Waals surface area contributed by atoms with Crippen molar-refractivity contribution in [3.63, 3.8) is 0 Å². The molecular formula is C42H43NO8. The summed E-state index contributed by atoms with van der Waals surface area (Å²) in [5.41, 5.74) is 4.77. The Morgan fingerprint density at radius 1 is 0.549 bits per heavy atom. The first-order valence-electron chi connectivity index (χ1n) is 17.1. The van der Waals surface area contributed by atoms with Gasteiger partial charge in [-0.3, -0.25) is 0 Å². The highest BCUT2D eigenvalue weighted by atomic mass is 16.7. The minimum atomic E-state index is -0.903. The van der Waals surface area contributed by atoms with Crippen LogP contribution in [0, 0.1) is 0 Å². The predicted octanol–water partition coefficient (Wildman–Crippen LogP) is 7.08. The lowest BCUT2D eigenvalue weighted by Gasteiger charge is -2.45. The largest absolute Gasteiger partial charge is 0.464 e. The Morgan fingerprint density at radius 3 is 1.57 bits per heavy atom. The van der Waals surface area contributed by atoms with Crippen LogP contribution in [0.3, 0.4) is 0 Å². The van der Waals surface area contributed by atoms with E-state index in [1.807, 2.05) is 121 Å². The minimum Gasteiger partial charge on any atom is -0.464 e. The van der Waals surface area contributed by atoms with Crippen molar-refractivity contribution < 1.29 is 38.0 Å². The lowest BCUT2D eigenvalue weighted by molar-refractivity contribution is -0.331. The summed E-state index contributed by atoms with van der Waals surface area (Å²) in [6, 6.07) is 45.0. The highest BCUT2D eigenvalue weighted by molar-refractivity contribution is 5.87. The average molecular weight is 690 g/mol. The van der Waals surface area contributed by atoms with Crippen LogP contribution in [-0.2, 0) is 66.2 Å². The van der Waals surface area contributed by atoms with Gasteiger partial charge in [-0.2, -0.15) is 0 Å². The monoisotopic (exact) mass is 689 g/mol. The number of rotatable bonds is 17. The molecule has 4 aromatic carbocycles. The smallest absolute Gasteiger partial charge is 0.356 e. The molecule has 9 nitrogen and oxygen atoms in total. The lowest BCUT2D eigenvalue weighted by atomic mass is 9.97. The van der Waals surface area contributed by atoms with E-state index in [0.717, 1.165) is 22.3 Å². The fourth-order valence-corrected chi connectivity index (χ4v) is 5.83. The van der Waals surface area contributed by atoms with Gasteiger partial charge in [0, 0.05) is 0 Å². The fourth-order valence-electron chi connectivity index (χ4n) is 5.83. The molecule has 0 unspecified atom stereocenters. The molecule has 1 saturated heterocycles.